The van der Waals surface area contributed by atoms with Gasteiger partial charge in [-0.15, -0.1) is 0 Å². The van der Waals surface area contributed by atoms with E-state index in [1.54, 1.807) is 0 Å². The second-order valence-corrected chi connectivity index (χ2v) is 6.40. The van der Waals surface area contributed by atoms with Crippen LogP contribution in [0.4, 0.5) is 0 Å². The highest BCUT2D eigenvalue weighted by molar-refractivity contribution is 5.94. The van der Waals surface area contributed by atoms with Crippen molar-refractivity contribution in [1.82, 2.24) is 4.90 Å². The Labute approximate surface area is 120 Å². The number of carbonyl (C=O) groups is 1. The molecule has 1 heterocycles. The van der Waals surface area contributed by atoms with Crippen LogP contribution in [0.2, 0.25) is 0 Å². The number of benzene rings is 1. The lowest BCUT2D eigenvalue weighted by molar-refractivity contribution is 0.0339. The molecule has 1 aromatic rings. The number of carbonyl (C=O) groups excluding carboxylic acids is 1. The Morgan fingerprint density at radius 1 is 1.20 bits per heavy atom. The maximum absolute atomic E-state index is 12.6. The van der Waals surface area contributed by atoms with Crippen molar-refractivity contribution >= 4 is 5.91 Å². The highest BCUT2D eigenvalue weighted by Crippen LogP contribution is 2.24. The van der Waals surface area contributed by atoms with Crippen LogP contribution in [0.25, 0.3) is 0 Å². The molecule has 1 aromatic carbocycles. The Morgan fingerprint density at radius 3 is 2.70 bits per heavy atom. The smallest absolute Gasteiger partial charge is 0.253 e. The van der Waals surface area contributed by atoms with E-state index in [-0.39, 0.29) is 12.0 Å². The third-order valence-electron chi connectivity index (χ3n) is 4.52. The van der Waals surface area contributed by atoms with E-state index in [0.29, 0.717) is 12.5 Å². The van der Waals surface area contributed by atoms with E-state index < -0.39 is 0 Å². The summed E-state index contributed by atoms with van der Waals surface area (Å²) in [5.74, 6) is 0.448. The van der Waals surface area contributed by atoms with Gasteiger partial charge < -0.3 is 10.0 Å². The quantitative estimate of drug-likeness (QED) is 0.853. The summed E-state index contributed by atoms with van der Waals surface area (Å²) in [4.78, 5) is 14.4. The van der Waals surface area contributed by atoms with Gasteiger partial charge in [-0.25, -0.2) is 0 Å². The van der Waals surface area contributed by atoms with Gasteiger partial charge in [0.05, 0.1) is 6.10 Å². The second-order valence-electron chi connectivity index (χ2n) is 6.40. The maximum Gasteiger partial charge on any atom is 0.253 e. The van der Waals surface area contributed by atoms with Crippen LogP contribution in [0.5, 0.6) is 0 Å². The van der Waals surface area contributed by atoms with E-state index in [1.165, 1.54) is 24.0 Å². The number of nitrogens with zero attached hydrogens (tertiary/aromatic N) is 1. The van der Waals surface area contributed by atoms with Crippen LogP contribution in [0.1, 0.15) is 47.7 Å². The Morgan fingerprint density at radius 2 is 1.95 bits per heavy atom. The lowest BCUT2D eigenvalue weighted by Gasteiger charge is -2.34. The molecule has 0 unspecified atom stereocenters. The van der Waals surface area contributed by atoms with Crippen molar-refractivity contribution in [2.45, 2.75) is 45.1 Å². The number of aryl methyl sites for hydroxylation is 2. The number of rotatable bonds is 1. The first-order chi connectivity index (χ1) is 9.63. The lowest BCUT2D eigenvalue weighted by atomic mass is 9.90. The summed E-state index contributed by atoms with van der Waals surface area (Å²) >= 11 is 0. The van der Waals surface area contributed by atoms with Crippen LogP contribution in [0.15, 0.2) is 18.2 Å². The fraction of sp³-hybridized carbons (Fsp3) is 0.588. The summed E-state index contributed by atoms with van der Waals surface area (Å²) < 4.78 is 0. The van der Waals surface area contributed by atoms with Crippen molar-refractivity contribution in [3.8, 4) is 0 Å². The first-order valence-electron chi connectivity index (χ1n) is 7.72. The second kappa shape index (κ2) is 5.57. The molecule has 0 bridgehead atoms. The Balaban J connectivity index is 1.79. The largest absolute Gasteiger partial charge is 0.391 e. The van der Waals surface area contributed by atoms with Gasteiger partial charge in [-0.2, -0.15) is 0 Å². The number of piperidine rings is 1. The number of hydrogen-bond acceptors (Lipinski definition) is 2. The minimum atomic E-state index is -0.375. The predicted octanol–water partition coefficient (Wildman–Crippen LogP) is 2.41. The molecule has 108 valence electrons. The normalized spacial score (nSPS) is 26.2. The molecule has 0 radical (unpaired) electrons. The highest BCUT2D eigenvalue weighted by Gasteiger charge is 2.27. The molecule has 1 fully saturated rings. The van der Waals surface area contributed by atoms with Crippen molar-refractivity contribution in [1.29, 1.82) is 0 Å². The zero-order chi connectivity index (χ0) is 14.1. The molecule has 1 aliphatic carbocycles. The summed E-state index contributed by atoms with van der Waals surface area (Å²) in [7, 11) is 0. The summed E-state index contributed by atoms with van der Waals surface area (Å²) in [6, 6.07) is 6.14. The highest BCUT2D eigenvalue weighted by atomic mass is 16.3. The Bertz CT molecular complexity index is 502. The van der Waals surface area contributed by atoms with Gasteiger partial charge in [0.15, 0.2) is 0 Å². The van der Waals surface area contributed by atoms with E-state index >= 15 is 0 Å². The fourth-order valence-corrected chi connectivity index (χ4v) is 3.53. The molecule has 1 amide bonds. The molecule has 3 nitrogen and oxygen atoms in total. The number of aliphatic hydroxyl groups excluding tert-OH is 1. The van der Waals surface area contributed by atoms with Crippen LogP contribution in [-0.4, -0.2) is 35.1 Å². The average molecular weight is 273 g/mol. The Hall–Kier alpha value is -1.35. The molecular formula is C17H23NO2. The van der Waals surface area contributed by atoms with Gasteiger partial charge in [0.1, 0.15) is 0 Å². The van der Waals surface area contributed by atoms with Crippen molar-refractivity contribution in [3.63, 3.8) is 0 Å². The minimum Gasteiger partial charge on any atom is -0.391 e. The average Bonchev–Trinajstić information content (AvgIpc) is 2.45. The molecule has 1 saturated heterocycles. The van der Waals surface area contributed by atoms with Crippen molar-refractivity contribution in [2.75, 3.05) is 13.1 Å². The van der Waals surface area contributed by atoms with Crippen LogP contribution in [0.3, 0.4) is 0 Å². The van der Waals surface area contributed by atoms with Gasteiger partial charge in [0.2, 0.25) is 0 Å². The fourth-order valence-electron chi connectivity index (χ4n) is 3.53. The van der Waals surface area contributed by atoms with Crippen molar-refractivity contribution in [2.24, 2.45) is 5.92 Å². The SMILES string of the molecule is C[C@@H]1C[C@H](O)CN(C(=O)c2ccc3c(c2)CCCC3)C1. The molecule has 2 aliphatic rings. The first kappa shape index (κ1) is 13.6. The molecule has 1 N–H and O–H groups in total. The molecule has 1 aliphatic heterocycles. The first-order valence-corrected chi connectivity index (χ1v) is 7.72. The van der Waals surface area contributed by atoms with Crippen LogP contribution < -0.4 is 0 Å². The third kappa shape index (κ3) is 2.73. The number of aliphatic hydroxyl groups is 1. The third-order valence-corrected chi connectivity index (χ3v) is 4.52. The van der Waals surface area contributed by atoms with Gasteiger partial charge in [-0.1, -0.05) is 13.0 Å². The summed E-state index contributed by atoms with van der Waals surface area (Å²) in [5.41, 5.74) is 3.53. The van der Waals surface area contributed by atoms with Gasteiger partial charge >= 0.3 is 0 Å². The number of β-amino-alcohol motifs (C(OH)–C–C–N with tert-alkyl or cyclic N) is 1. The monoisotopic (exact) mass is 273 g/mol. The van der Waals surface area contributed by atoms with Gasteiger partial charge in [0, 0.05) is 18.7 Å². The molecule has 3 rings (SSSR count). The number of likely N-dealkylation sites (tertiary alicyclic amines) is 1. The van der Waals surface area contributed by atoms with E-state index in [0.717, 1.165) is 31.4 Å². The van der Waals surface area contributed by atoms with Crippen LogP contribution in [-0.2, 0) is 12.8 Å². The van der Waals surface area contributed by atoms with E-state index in [9.17, 15) is 9.90 Å². The molecule has 20 heavy (non-hydrogen) atoms. The molecule has 3 heteroatoms. The minimum absolute atomic E-state index is 0.0731. The zero-order valence-corrected chi connectivity index (χ0v) is 12.1. The van der Waals surface area contributed by atoms with E-state index in [1.807, 2.05) is 11.0 Å². The van der Waals surface area contributed by atoms with Crippen LogP contribution in [0, 0.1) is 5.92 Å². The van der Waals surface area contributed by atoms with Crippen LogP contribution >= 0.6 is 0 Å². The number of amides is 1. The van der Waals surface area contributed by atoms with Crippen molar-refractivity contribution in [3.05, 3.63) is 34.9 Å². The van der Waals surface area contributed by atoms with Gasteiger partial charge in [0.25, 0.3) is 5.91 Å². The number of hydrogen-bond donors (Lipinski definition) is 1. The molecule has 0 spiro atoms. The predicted molar refractivity (Wildman–Crippen MR) is 78.8 cm³/mol. The summed E-state index contributed by atoms with van der Waals surface area (Å²) in [5, 5.41) is 9.84. The molecular weight excluding hydrogens is 250 g/mol. The van der Waals surface area contributed by atoms with Gasteiger partial charge in [-0.3, -0.25) is 4.79 Å². The number of fused-ring (bicyclic) bond motifs is 1. The zero-order valence-electron chi connectivity index (χ0n) is 12.1. The maximum atomic E-state index is 12.6. The lowest BCUT2D eigenvalue weighted by Crippen LogP contribution is -2.45. The van der Waals surface area contributed by atoms with E-state index in [2.05, 4.69) is 19.1 Å². The Kier molecular flexibility index (Phi) is 3.79. The summed E-state index contributed by atoms with van der Waals surface area (Å²) in [6.07, 6.45) is 5.15. The molecule has 0 aromatic heterocycles. The van der Waals surface area contributed by atoms with E-state index in [4.69, 9.17) is 0 Å². The molecule has 2 atom stereocenters. The molecule has 0 saturated carbocycles. The standard InChI is InChI=1S/C17H23NO2/c1-12-8-16(19)11-18(10-12)17(20)15-7-6-13-4-2-3-5-14(13)9-15/h6-7,9,12,16,19H,2-5,8,10-11H2,1H3/t12-,16+/m1/s1. The van der Waals surface area contributed by atoms with Gasteiger partial charge in [-0.05, 0) is 61.3 Å². The summed E-state index contributed by atoms with van der Waals surface area (Å²) in [6.45, 7) is 3.32. The topological polar surface area (TPSA) is 40.5 Å². The van der Waals surface area contributed by atoms with Crippen molar-refractivity contribution < 1.29 is 9.90 Å².